The van der Waals surface area contributed by atoms with Crippen molar-refractivity contribution in [3.63, 3.8) is 0 Å². The van der Waals surface area contributed by atoms with E-state index in [1.807, 2.05) is 39.0 Å². The average molecular weight is 312 g/mol. The van der Waals surface area contributed by atoms with E-state index >= 15 is 0 Å². The molecule has 0 unspecified atom stereocenters. The van der Waals surface area contributed by atoms with Crippen LogP contribution in [-0.4, -0.2) is 20.7 Å². The molecule has 2 nitrogen and oxygen atoms in total. The van der Waals surface area contributed by atoms with Gasteiger partial charge in [0.2, 0.25) is 0 Å². The third-order valence-corrected chi connectivity index (χ3v) is 4.19. The molecule has 19 heavy (non-hydrogen) atoms. The second kappa shape index (κ2) is 5.27. The molecule has 0 aliphatic carbocycles. The monoisotopic (exact) mass is 311 g/mol. The number of thioether (sulfide) groups is 1. The second-order valence-electron chi connectivity index (χ2n) is 5.24. The zero-order chi connectivity index (χ0) is 14.2. The van der Waals surface area contributed by atoms with Gasteiger partial charge in [0.1, 0.15) is 4.32 Å². The molecule has 1 fully saturated rings. The third kappa shape index (κ3) is 3.19. The van der Waals surface area contributed by atoms with Crippen LogP contribution < -0.4 is 0 Å². The average Bonchev–Trinajstić information content (AvgIpc) is 2.56. The van der Waals surface area contributed by atoms with Crippen molar-refractivity contribution in [3.8, 4) is 0 Å². The first-order valence-electron chi connectivity index (χ1n) is 5.83. The van der Waals surface area contributed by atoms with Crippen molar-refractivity contribution in [1.82, 2.24) is 4.90 Å². The summed E-state index contributed by atoms with van der Waals surface area (Å²) >= 11 is 12.5. The molecule has 0 saturated carbocycles. The molecule has 0 atom stereocenters. The van der Waals surface area contributed by atoms with Gasteiger partial charge in [-0.3, -0.25) is 9.69 Å². The van der Waals surface area contributed by atoms with Gasteiger partial charge in [-0.05, 0) is 44.5 Å². The highest BCUT2D eigenvalue weighted by Gasteiger charge is 2.38. The van der Waals surface area contributed by atoms with E-state index in [-0.39, 0.29) is 11.4 Å². The van der Waals surface area contributed by atoms with Gasteiger partial charge in [-0.15, -0.1) is 0 Å². The molecule has 5 heteroatoms. The molecule has 1 amide bonds. The van der Waals surface area contributed by atoms with Crippen LogP contribution in [0.4, 0.5) is 0 Å². The summed E-state index contributed by atoms with van der Waals surface area (Å²) in [7, 11) is 0. The van der Waals surface area contributed by atoms with Crippen LogP contribution in [0.1, 0.15) is 26.3 Å². The molecule has 1 aromatic carbocycles. The van der Waals surface area contributed by atoms with Gasteiger partial charge in [0, 0.05) is 10.6 Å². The number of amides is 1. The molecule has 1 aliphatic rings. The van der Waals surface area contributed by atoms with E-state index < -0.39 is 0 Å². The van der Waals surface area contributed by atoms with Crippen molar-refractivity contribution in [2.45, 2.75) is 26.3 Å². The summed E-state index contributed by atoms with van der Waals surface area (Å²) in [4.78, 5) is 14.7. The van der Waals surface area contributed by atoms with Crippen LogP contribution >= 0.6 is 35.6 Å². The molecule has 1 heterocycles. The van der Waals surface area contributed by atoms with Crippen molar-refractivity contribution >= 4 is 51.9 Å². The van der Waals surface area contributed by atoms with Gasteiger partial charge in [-0.25, -0.2) is 0 Å². The van der Waals surface area contributed by atoms with E-state index in [4.69, 9.17) is 23.8 Å². The molecule has 2 rings (SSSR count). The summed E-state index contributed by atoms with van der Waals surface area (Å²) in [5.74, 6) is -0.0301. The van der Waals surface area contributed by atoms with Gasteiger partial charge >= 0.3 is 0 Å². The van der Waals surface area contributed by atoms with E-state index in [0.717, 1.165) is 5.56 Å². The number of carbonyl (C=O) groups is 1. The Kier molecular flexibility index (Phi) is 4.04. The van der Waals surface area contributed by atoms with E-state index in [2.05, 4.69) is 0 Å². The summed E-state index contributed by atoms with van der Waals surface area (Å²) in [6.07, 6.45) is 1.85. The Morgan fingerprint density at radius 1 is 1.26 bits per heavy atom. The summed E-state index contributed by atoms with van der Waals surface area (Å²) in [6, 6.07) is 7.37. The molecular weight excluding hydrogens is 298 g/mol. The molecular formula is C14H14ClNOS2. The Balaban J connectivity index is 2.31. The van der Waals surface area contributed by atoms with Crippen LogP contribution in [-0.2, 0) is 4.79 Å². The smallest absolute Gasteiger partial charge is 0.266 e. The molecule has 0 N–H and O–H groups in total. The maximum absolute atomic E-state index is 12.4. The summed E-state index contributed by atoms with van der Waals surface area (Å²) in [5, 5.41) is 0.680. The lowest BCUT2D eigenvalue weighted by atomic mass is 10.1. The number of rotatable bonds is 1. The first-order valence-corrected chi connectivity index (χ1v) is 7.43. The van der Waals surface area contributed by atoms with E-state index in [1.165, 1.54) is 11.8 Å². The molecule has 0 aromatic heterocycles. The predicted octanol–water partition coefficient (Wildman–Crippen LogP) is 4.34. The molecule has 100 valence electrons. The number of benzene rings is 1. The topological polar surface area (TPSA) is 20.3 Å². The van der Waals surface area contributed by atoms with Crippen LogP contribution in [0.3, 0.4) is 0 Å². The fraction of sp³-hybridized carbons (Fsp3) is 0.286. The fourth-order valence-corrected chi connectivity index (χ4v) is 3.52. The Labute approximate surface area is 127 Å². The van der Waals surface area contributed by atoms with Gasteiger partial charge in [0.05, 0.1) is 4.91 Å². The van der Waals surface area contributed by atoms with Gasteiger partial charge in [-0.2, -0.15) is 0 Å². The molecule has 1 aliphatic heterocycles. The lowest BCUT2D eigenvalue weighted by Gasteiger charge is -2.30. The van der Waals surface area contributed by atoms with Crippen LogP contribution in [0.25, 0.3) is 6.08 Å². The molecule has 0 spiro atoms. The predicted molar refractivity (Wildman–Crippen MR) is 86.2 cm³/mol. The Hall–Kier alpha value is -0.840. The number of halogens is 1. The minimum absolute atomic E-state index is 0.0301. The molecule has 1 aromatic rings. The number of carbonyl (C=O) groups excluding carboxylic acids is 1. The normalized spacial score (nSPS) is 18.5. The summed E-state index contributed by atoms with van der Waals surface area (Å²) in [6.45, 7) is 5.93. The van der Waals surface area contributed by atoms with Crippen LogP contribution in [0.5, 0.6) is 0 Å². The first kappa shape index (κ1) is 14.6. The highest BCUT2D eigenvalue weighted by atomic mass is 35.5. The van der Waals surface area contributed by atoms with Gasteiger partial charge in [0.15, 0.2) is 0 Å². The second-order valence-corrected chi connectivity index (χ2v) is 7.35. The lowest BCUT2D eigenvalue weighted by Crippen LogP contribution is -2.44. The van der Waals surface area contributed by atoms with Crippen LogP contribution in [0.15, 0.2) is 29.2 Å². The Bertz CT molecular complexity index is 558. The van der Waals surface area contributed by atoms with Crippen LogP contribution in [0, 0.1) is 0 Å². The summed E-state index contributed by atoms with van der Waals surface area (Å²) < 4.78 is 0.609. The van der Waals surface area contributed by atoms with Crippen molar-refractivity contribution in [3.05, 3.63) is 39.8 Å². The maximum atomic E-state index is 12.4. The van der Waals surface area contributed by atoms with Crippen molar-refractivity contribution < 1.29 is 4.79 Å². The van der Waals surface area contributed by atoms with Crippen molar-refractivity contribution in [2.75, 3.05) is 0 Å². The Morgan fingerprint density at radius 2 is 1.84 bits per heavy atom. The zero-order valence-electron chi connectivity index (χ0n) is 10.9. The van der Waals surface area contributed by atoms with Crippen molar-refractivity contribution in [2.24, 2.45) is 0 Å². The van der Waals surface area contributed by atoms with Gasteiger partial charge in [-0.1, -0.05) is 47.7 Å². The minimum Gasteiger partial charge on any atom is -0.288 e. The highest BCUT2D eigenvalue weighted by Crippen LogP contribution is 2.36. The fourth-order valence-electron chi connectivity index (χ4n) is 1.76. The minimum atomic E-state index is -0.295. The van der Waals surface area contributed by atoms with Crippen LogP contribution in [0.2, 0.25) is 5.02 Å². The molecule has 1 saturated heterocycles. The first-order chi connectivity index (χ1) is 8.79. The van der Waals surface area contributed by atoms with E-state index in [0.29, 0.717) is 14.2 Å². The number of nitrogens with zero attached hydrogens (tertiary/aromatic N) is 1. The number of thiocarbonyl (C=S) groups is 1. The SMILES string of the molecule is CC(C)(C)N1C(=O)C(=Cc2ccc(Cl)cc2)SC1=S. The van der Waals surface area contributed by atoms with Crippen molar-refractivity contribution in [1.29, 1.82) is 0 Å². The molecule has 0 bridgehead atoms. The summed E-state index contributed by atoms with van der Waals surface area (Å²) in [5.41, 5.74) is 0.648. The van der Waals surface area contributed by atoms with Gasteiger partial charge < -0.3 is 0 Å². The largest absolute Gasteiger partial charge is 0.288 e. The quantitative estimate of drug-likeness (QED) is 0.568. The Morgan fingerprint density at radius 3 is 2.32 bits per heavy atom. The third-order valence-electron chi connectivity index (χ3n) is 2.63. The number of hydrogen-bond acceptors (Lipinski definition) is 3. The van der Waals surface area contributed by atoms with E-state index in [1.54, 1.807) is 17.0 Å². The maximum Gasteiger partial charge on any atom is 0.266 e. The van der Waals surface area contributed by atoms with E-state index in [9.17, 15) is 4.79 Å². The zero-order valence-corrected chi connectivity index (χ0v) is 13.3. The molecule has 0 radical (unpaired) electrons. The standard InChI is InChI=1S/C14H14ClNOS2/c1-14(2,3)16-12(17)11(19-13(16)18)8-9-4-6-10(15)7-5-9/h4-8H,1-3H3. The number of hydrogen-bond donors (Lipinski definition) is 0. The van der Waals surface area contributed by atoms with Gasteiger partial charge in [0.25, 0.3) is 5.91 Å². The highest BCUT2D eigenvalue weighted by molar-refractivity contribution is 8.26. The lowest BCUT2D eigenvalue weighted by molar-refractivity contribution is -0.125.